The Labute approximate surface area is 107 Å². The third-order valence-electron chi connectivity index (χ3n) is 3.35. The smallest absolute Gasteiger partial charge is 0.237 e. The van der Waals surface area contributed by atoms with Crippen LogP contribution in [0.5, 0.6) is 0 Å². The molecule has 96 valence electrons. The Morgan fingerprint density at radius 1 is 1.29 bits per heavy atom. The van der Waals surface area contributed by atoms with Crippen LogP contribution in [-0.4, -0.2) is 34.8 Å². The average molecular weight is 257 g/mol. The summed E-state index contributed by atoms with van der Waals surface area (Å²) in [5.74, 6) is -0.667. The van der Waals surface area contributed by atoms with Crippen LogP contribution in [0.3, 0.4) is 0 Å². The van der Waals surface area contributed by atoms with Gasteiger partial charge in [-0.25, -0.2) is 0 Å². The number of likely N-dealkylation sites (N-methyl/N-ethyl adjacent to an activating group) is 1. The summed E-state index contributed by atoms with van der Waals surface area (Å²) < 4.78 is 0. The van der Waals surface area contributed by atoms with Gasteiger partial charge >= 0.3 is 0 Å². The number of primary amides is 1. The van der Waals surface area contributed by atoms with Crippen molar-refractivity contribution >= 4 is 29.0 Å². The van der Waals surface area contributed by atoms with Crippen molar-refractivity contribution in [1.29, 1.82) is 0 Å². The van der Waals surface area contributed by atoms with Crippen molar-refractivity contribution in [3.63, 3.8) is 0 Å². The first-order valence-corrected chi connectivity index (χ1v) is 6.22. The van der Waals surface area contributed by atoms with Gasteiger partial charge in [0.25, 0.3) is 0 Å². The highest BCUT2D eigenvalue weighted by atomic mass is 32.1. The Kier molecular flexibility index (Phi) is 4.45. The van der Waals surface area contributed by atoms with E-state index < -0.39 is 11.3 Å². The summed E-state index contributed by atoms with van der Waals surface area (Å²) >= 11 is 5.04. The number of carbonyl (C=O) groups is 2. The third-order valence-corrected chi connectivity index (χ3v) is 3.74. The number of hydrogen-bond acceptors (Lipinski definition) is 3. The average Bonchev–Trinajstić information content (AvgIpc) is 2.74. The van der Waals surface area contributed by atoms with Crippen molar-refractivity contribution in [2.24, 2.45) is 16.9 Å². The van der Waals surface area contributed by atoms with E-state index in [4.69, 9.17) is 23.7 Å². The normalized spacial score (nSPS) is 17.7. The van der Waals surface area contributed by atoms with E-state index in [2.05, 4.69) is 0 Å². The molecular formula is C11H19N3O2S. The minimum absolute atomic E-state index is 0.0697. The molecule has 0 saturated heterocycles. The summed E-state index contributed by atoms with van der Waals surface area (Å²) in [6.45, 7) is 2.18. The van der Waals surface area contributed by atoms with Gasteiger partial charge in [-0.3, -0.25) is 9.59 Å². The summed E-state index contributed by atoms with van der Waals surface area (Å²) in [5.41, 5.74) is 10.1. The number of amides is 2. The van der Waals surface area contributed by atoms with Gasteiger partial charge in [0.05, 0.1) is 16.9 Å². The highest BCUT2D eigenvalue weighted by Gasteiger charge is 2.45. The molecule has 6 heteroatoms. The van der Waals surface area contributed by atoms with Crippen molar-refractivity contribution in [1.82, 2.24) is 4.90 Å². The van der Waals surface area contributed by atoms with E-state index in [1.807, 2.05) is 6.92 Å². The zero-order valence-corrected chi connectivity index (χ0v) is 10.9. The van der Waals surface area contributed by atoms with Crippen molar-refractivity contribution in [3.8, 4) is 0 Å². The summed E-state index contributed by atoms with van der Waals surface area (Å²) in [6.07, 6.45) is 3.24. The van der Waals surface area contributed by atoms with E-state index in [0.29, 0.717) is 19.4 Å². The Bertz CT molecular complexity index is 338. The van der Waals surface area contributed by atoms with E-state index in [1.54, 1.807) is 0 Å². The van der Waals surface area contributed by atoms with Gasteiger partial charge in [0.2, 0.25) is 11.8 Å². The molecule has 2 amide bonds. The molecule has 1 rings (SSSR count). The van der Waals surface area contributed by atoms with Crippen LogP contribution in [0.4, 0.5) is 0 Å². The van der Waals surface area contributed by atoms with Crippen LogP contribution in [0.15, 0.2) is 0 Å². The first kappa shape index (κ1) is 13.9. The van der Waals surface area contributed by atoms with Gasteiger partial charge < -0.3 is 16.4 Å². The molecule has 1 aliphatic carbocycles. The lowest BCUT2D eigenvalue weighted by molar-refractivity contribution is -0.140. The van der Waals surface area contributed by atoms with Gasteiger partial charge in [0.1, 0.15) is 0 Å². The van der Waals surface area contributed by atoms with Gasteiger partial charge in [-0.1, -0.05) is 25.1 Å². The fourth-order valence-electron chi connectivity index (χ4n) is 2.36. The molecule has 0 aromatic heterocycles. The lowest BCUT2D eigenvalue weighted by Gasteiger charge is -2.32. The molecule has 1 fully saturated rings. The first-order chi connectivity index (χ1) is 7.94. The molecular weight excluding hydrogens is 238 g/mol. The quantitative estimate of drug-likeness (QED) is 0.687. The molecule has 0 unspecified atom stereocenters. The Morgan fingerprint density at radius 3 is 2.18 bits per heavy atom. The first-order valence-electron chi connectivity index (χ1n) is 5.81. The molecule has 0 aromatic carbocycles. The fourth-order valence-corrected chi connectivity index (χ4v) is 2.65. The van der Waals surface area contributed by atoms with Crippen molar-refractivity contribution < 1.29 is 9.59 Å². The number of rotatable bonds is 5. The molecule has 0 aliphatic heterocycles. The zero-order valence-electron chi connectivity index (χ0n) is 10.1. The number of thiocarbonyl (C=S) groups is 1. The second-order valence-corrected chi connectivity index (χ2v) is 4.88. The maximum atomic E-state index is 12.4. The van der Waals surface area contributed by atoms with Gasteiger partial charge in [-0.15, -0.1) is 0 Å². The minimum Gasteiger partial charge on any atom is -0.392 e. The predicted molar refractivity (Wildman–Crippen MR) is 69.1 cm³/mol. The summed E-state index contributed by atoms with van der Waals surface area (Å²) in [7, 11) is 0. The van der Waals surface area contributed by atoms with E-state index in [1.165, 1.54) is 4.90 Å². The molecule has 17 heavy (non-hydrogen) atoms. The van der Waals surface area contributed by atoms with Gasteiger partial charge in [0.15, 0.2) is 0 Å². The molecule has 0 bridgehead atoms. The van der Waals surface area contributed by atoms with E-state index in [-0.39, 0.29) is 17.4 Å². The standard InChI is InChI=1S/C11H19N3O2S/c1-2-14(7-8(12)15)10(16)11(9(13)17)5-3-4-6-11/h2-7H2,1H3,(H2,12,15)(H2,13,17). The summed E-state index contributed by atoms with van der Waals surface area (Å²) in [5, 5.41) is 0. The van der Waals surface area contributed by atoms with E-state index in [0.717, 1.165) is 12.8 Å². The van der Waals surface area contributed by atoms with Crippen LogP contribution in [0.2, 0.25) is 0 Å². The maximum Gasteiger partial charge on any atom is 0.237 e. The molecule has 0 atom stereocenters. The van der Waals surface area contributed by atoms with Gasteiger partial charge in [-0.2, -0.15) is 0 Å². The molecule has 5 nitrogen and oxygen atoms in total. The van der Waals surface area contributed by atoms with E-state index >= 15 is 0 Å². The molecule has 0 spiro atoms. The topological polar surface area (TPSA) is 89.4 Å². The van der Waals surface area contributed by atoms with E-state index in [9.17, 15) is 9.59 Å². The molecule has 0 aromatic rings. The van der Waals surface area contributed by atoms with Crippen LogP contribution in [-0.2, 0) is 9.59 Å². The van der Waals surface area contributed by atoms with Gasteiger partial charge in [-0.05, 0) is 19.8 Å². The fraction of sp³-hybridized carbons (Fsp3) is 0.727. The van der Waals surface area contributed by atoms with Gasteiger partial charge in [0, 0.05) is 6.54 Å². The number of carbonyl (C=O) groups excluding carboxylic acids is 2. The van der Waals surface area contributed by atoms with Crippen molar-refractivity contribution in [3.05, 3.63) is 0 Å². The Balaban J connectivity index is 2.90. The lowest BCUT2D eigenvalue weighted by Crippen LogP contribution is -2.51. The number of nitrogens with zero attached hydrogens (tertiary/aromatic N) is 1. The molecule has 4 N–H and O–H groups in total. The molecule has 1 saturated carbocycles. The SMILES string of the molecule is CCN(CC(N)=O)C(=O)C1(C(N)=S)CCCC1. The Morgan fingerprint density at radius 2 is 1.82 bits per heavy atom. The van der Waals surface area contributed by atoms with Crippen LogP contribution >= 0.6 is 12.2 Å². The third kappa shape index (κ3) is 2.74. The number of nitrogens with two attached hydrogens (primary N) is 2. The van der Waals surface area contributed by atoms with Crippen molar-refractivity contribution in [2.45, 2.75) is 32.6 Å². The van der Waals surface area contributed by atoms with Crippen LogP contribution < -0.4 is 11.5 Å². The number of hydrogen-bond donors (Lipinski definition) is 2. The highest BCUT2D eigenvalue weighted by molar-refractivity contribution is 7.80. The zero-order chi connectivity index (χ0) is 13.1. The van der Waals surface area contributed by atoms with Crippen molar-refractivity contribution in [2.75, 3.05) is 13.1 Å². The minimum atomic E-state index is -0.749. The summed E-state index contributed by atoms with van der Waals surface area (Å²) in [6, 6.07) is 0. The largest absolute Gasteiger partial charge is 0.392 e. The maximum absolute atomic E-state index is 12.4. The van der Waals surface area contributed by atoms with Crippen LogP contribution in [0, 0.1) is 5.41 Å². The lowest BCUT2D eigenvalue weighted by atomic mass is 9.84. The molecule has 0 radical (unpaired) electrons. The second-order valence-electron chi connectivity index (χ2n) is 4.44. The second kappa shape index (κ2) is 5.44. The highest BCUT2D eigenvalue weighted by Crippen LogP contribution is 2.40. The summed E-state index contributed by atoms with van der Waals surface area (Å²) in [4.78, 5) is 25.0. The Hall–Kier alpha value is -1.17. The molecule has 0 heterocycles. The molecule has 1 aliphatic rings. The van der Waals surface area contributed by atoms with Crippen LogP contribution in [0.25, 0.3) is 0 Å². The predicted octanol–water partition coefficient (Wildman–Crippen LogP) is 0.167. The van der Waals surface area contributed by atoms with Crippen LogP contribution in [0.1, 0.15) is 32.6 Å². The monoisotopic (exact) mass is 257 g/mol.